The minimum Gasteiger partial charge on any atom is -0.455 e. The number of Topliss-reactive ketones (excluding diaryl/α,β-unsaturated/α-hetero) is 1. The van der Waals surface area contributed by atoms with Gasteiger partial charge in [0.15, 0.2) is 11.9 Å². The molecule has 2 heterocycles. The van der Waals surface area contributed by atoms with Crippen molar-refractivity contribution in [3.05, 3.63) is 24.3 Å². The molecule has 6 nitrogen and oxygen atoms in total. The van der Waals surface area contributed by atoms with E-state index in [2.05, 4.69) is 6.58 Å². The van der Waals surface area contributed by atoms with Crippen molar-refractivity contribution in [2.45, 2.75) is 83.2 Å². The predicted molar refractivity (Wildman–Crippen MR) is 102 cm³/mol. The van der Waals surface area contributed by atoms with Crippen LogP contribution in [0.3, 0.4) is 0 Å². The summed E-state index contributed by atoms with van der Waals surface area (Å²) in [5.41, 5.74) is -0.701. The monoisotopic (exact) mass is 390 g/mol. The quantitative estimate of drug-likeness (QED) is 0.296. The minimum absolute atomic E-state index is 0.0677. The van der Waals surface area contributed by atoms with Crippen molar-refractivity contribution in [1.82, 2.24) is 0 Å². The Morgan fingerprint density at radius 2 is 2.04 bits per heavy atom. The minimum atomic E-state index is -0.776. The summed E-state index contributed by atoms with van der Waals surface area (Å²) in [6.45, 7) is 11.0. The van der Waals surface area contributed by atoms with E-state index in [9.17, 15) is 14.4 Å². The SMILES string of the molecule is C=C1C(=O)OC2C(=O)C(C)CCCC(C)(OC(C)=O)C=CCC3(C)OC3CC12. The first kappa shape index (κ1) is 20.8. The highest BCUT2D eigenvalue weighted by atomic mass is 16.6. The van der Waals surface area contributed by atoms with Crippen molar-refractivity contribution < 1.29 is 28.6 Å². The first-order valence-corrected chi connectivity index (χ1v) is 10.0. The van der Waals surface area contributed by atoms with Crippen LogP contribution in [-0.2, 0) is 28.6 Å². The van der Waals surface area contributed by atoms with E-state index in [0.717, 1.165) is 0 Å². The number of rotatable bonds is 1. The molecular formula is C22H30O6. The molecule has 0 bridgehead atoms. The van der Waals surface area contributed by atoms with Crippen LogP contribution in [0.5, 0.6) is 0 Å². The molecule has 0 N–H and O–H groups in total. The molecular weight excluding hydrogens is 360 g/mol. The van der Waals surface area contributed by atoms with Crippen molar-refractivity contribution in [1.29, 1.82) is 0 Å². The molecule has 0 radical (unpaired) electrons. The van der Waals surface area contributed by atoms with Gasteiger partial charge in [0.1, 0.15) is 5.60 Å². The summed E-state index contributed by atoms with van der Waals surface area (Å²) < 4.78 is 16.8. The lowest BCUT2D eigenvalue weighted by Gasteiger charge is -2.27. The van der Waals surface area contributed by atoms with E-state index in [0.29, 0.717) is 37.7 Å². The van der Waals surface area contributed by atoms with Crippen molar-refractivity contribution >= 4 is 17.7 Å². The number of fused-ring (bicyclic) bond motifs is 2. The number of ketones is 1. The zero-order valence-electron chi connectivity index (χ0n) is 17.2. The van der Waals surface area contributed by atoms with Crippen LogP contribution in [0.25, 0.3) is 0 Å². The second kappa shape index (κ2) is 7.47. The van der Waals surface area contributed by atoms with Gasteiger partial charge < -0.3 is 14.2 Å². The Labute approximate surface area is 166 Å². The van der Waals surface area contributed by atoms with Gasteiger partial charge in [0.25, 0.3) is 0 Å². The summed E-state index contributed by atoms with van der Waals surface area (Å²) >= 11 is 0. The van der Waals surface area contributed by atoms with Crippen LogP contribution in [0.15, 0.2) is 24.3 Å². The second-order valence-electron chi connectivity index (χ2n) is 8.82. The molecule has 0 aromatic heterocycles. The number of ether oxygens (including phenoxy) is 3. The molecule has 3 rings (SSSR count). The van der Waals surface area contributed by atoms with Crippen LogP contribution >= 0.6 is 0 Å². The fourth-order valence-electron chi connectivity index (χ4n) is 4.35. The van der Waals surface area contributed by atoms with Crippen molar-refractivity contribution in [3.8, 4) is 0 Å². The Hall–Kier alpha value is -1.95. The number of hydrogen-bond acceptors (Lipinski definition) is 6. The number of esters is 2. The van der Waals surface area contributed by atoms with E-state index in [4.69, 9.17) is 14.2 Å². The Morgan fingerprint density at radius 3 is 2.71 bits per heavy atom. The molecule has 2 saturated heterocycles. The third-order valence-electron chi connectivity index (χ3n) is 6.26. The molecule has 6 atom stereocenters. The molecule has 0 aromatic carbocycles. The van der Waals surface area contributed by atoms with Gasteiger partial charge in [-0.15, -0.1) is 0 Å². The molecule has 28 heavy (non-hydrogen) atoms. The molecule has 6 unspecified atom stereocenters. The smallest absolute Gasteiger partial charge is 0.334 e. The highest BCUT2D eigenvalue weighted by Gasteiger charge is 2.55. The average Bonchev–Trinajstić information content (AvgIpc) is 3.14. The summed E-state index contributed by atoms with van der Waals surface area (Å²) in [4.78, 5) is 36.6. The molecule has 0 amide bonds. The van der Waals surface area contributed by atoms with E-state index in [1.54, 1.807) is 0 Å². The van der Waals surface area contributed by atoms with Crippen LogP contribution in [0.1, 0.15) is 59.8 Å². The number of epoxide rings is 1. The third kappa shape index (κ3) is 4.22. The lowest BCUT2D eigenvalue weighted by atomic mass is 9.82. The first-order valence-electron chi connectivity index (χ1n) is 10.0. The molecule has 0 saturated carbocycles. The summed E-state index contributed by atoms with van der Waals surface area (Å²) in [6, 6.07) is 0. The van der Waals surface area contributed by atoms with Crippen LogP contribution < -0.4 is 0 Å². The topological polar surface area (TPSA) is 82.2 Å². The van der Waals surface area contributed by atoms with Crippen LogP contribution in [0.2, 0.25) is 0 Å². The zero-order valence-corrected chi connectivity index (χ0v) is 17.2. The molecule has 154 valence electrons. The van der Waals surface area contributed by atoms with Crippen LogP contribution in [0.4, 0.5) is 0 Å². The lowest BCUT2D eigenvalue weighted by molar-refractivity contribution is -0.151. The van der Waals surface area contributed by atoms with Gasteiger partial charge in [0.2, 0.25) is 0 Å². The summed E-state index contributed by atoms with van der Waals surface area (Å²) in [6.07, 6.45) is 6.26. The van der Waals surface area contributed by atoms with Crippen molar-refractivity contribution in [2.24, 2.45) is 11.8 Å². The van der Waals surface area contributed by atoms with Crippen molar-refractivity contribution in [3.63, 3.8) is 0 Å². The van der Waals surface area contributed by atoms with Gasteiger partial charge in [-0.1, -0.05) is 19.6 Å². The predicted octanol–water partition coefficient (Wildman–Crippen LogP) is 3.29. The summed E-state index contributed by atoms with van der Waals surface area (Å²) in [7, 11) is 0. The van der Waals surface area contributed by atoms with Gasteiger partial charge in [-0.25, -0.2) is 4.79 Å². The Morgan fingerprint density at radius 1 is 1.32 bits per heavy atom. The third-order valence-corrected chi connectivity index (χ3v) is 6.26. The highest BCUT2D eigenvalue weighted by Crippen LogP contribution is 2.47. The summed E-state index contributed by atoms with van der Waals surface area (Å²) in [5, 5.41) is 0. The first-order chi connectivity index (χ1) is 13.0. The Bertz CT molecular complexity index is 725. The fraction of sp³-hybridized carbons (Fsp3) is 0.682. The van der Waals surface area contributed by atoms with Crippen LogP contribution in [-0.4, -0.2) is 41.1 Å². The largest absolute Gasteiger partial charge is 0.455 e. The summed E-state index contributed by atoms with van der Waals surface area (Å²) in [5.74, 6) is -1.47. The van der Waals surface area contributed by atoms with E-state index in [-0.39, 0.29) is 35.3 Å². The van der Waals surface area contributed by atoms with Crippen LogP contribution in [0, 0.1) is 11.8 Å². The standard InChI is InChI=1S/C22H30O6/c1-13-8-6-9-21(4,27-15(3)23)10-7-11-22(5)17(28-22)12-16-14(2)20(25)26-19(16)18(13)24/h7,10,13,16-17,19H,2,6,8-9,11-12H2,1,3-5H3. The molecule has 0 spiro atoms. The van der Waals surface area contributed by atoms with Gasteiger partial charge in [-0.2, -0.15) is 0 Å². The maximum Gasteiger partial charge on any atom is 0.334 e. The van der Waals surface area contributed by atoms with E-state index in [1.807, 2.05) is 32.9 Å². The van der Waals surface area contributed by atoms with Gasteiger partial charge in [0.05, 0.1) is 11.7 Å². The molecule has 1 aliphatic carbocycles. The highest BCUT2D eigenvalue weighted by molar-refractivity contribution is 5.98. The van der Waals surface area contributed by atoms with Gasteiger partial charge in [0, 0.05) is 24.3 Å². The maximum atomic E-state index is 13.0. The molecule has 2 aliphatic heterocycles. The van der Waals surface area contributed by atoms with Gasteiger partial charge >= 0.3 is 11.9 Å². The van der Waals surface area contributed by atoms with Crippen molar-refractivity contribution in [2.75, 3.05) is 0 Å². The normalized spacial score (nSPS) is 41.5. The van der Waals surface area contributed by atoms with E-state index >= 15 is 0 Å². The molecule has 3 aliphatic rings. The second-order valence-corrected chi connectivity index (χ2v) is 8.82. The molecule has 2 fully saturated rings. The molecule has 0 aromatic rings. The van der Waals surface area contributed by atoms with E-state index in [1.165, 1.54) is 6.92 Å². The van der Waals surface area contributed by atoms with Gasteiger partial charge in [-0.3, -0.25) is 9.59 Å². The number of carbonyl (C=O) groups is 3. The van der Waals surface area contributed by atoms with E-state index < -0.39 is 17.7 Å². The number of hydrogen-bond donors (Lipinski definition) is 0. The average molecular weight is 390 g/mol. The Balaban J connectivity index is 1.83. The maximum absolute atomic E-state index is 13.0. The zero-order chi connectivity index (χ0) is 20.7. The Kier molecular flexibility index (Phi) is 5.54. The number of carbonyl (C=O) groups excluding carboxylic acids is 3. The lowest BCUT2D eigenvalue weighted by Crippen LogP contribution is -2.34. The molecule has 6 heteroatoms. The fourth-order valence-corrected chi connectivity index (χ4v) is 4.35. The van der Waals surface area contributed by atoms with Gasteiger partial charge in [-0.05, 0) is 52.0 Å².